The maximum Gasteiger partial charge on any atom is 0.247 e. The van der Waals surface area contributed by atoms with Crippen LogP contribution in [0.3, 0.4) is 0 Å². The van der Waals surface area contributed by atoms with E-state index in [1.165, 1.54) is 12.8 Å². The van der Waals surface area contributed by atoms with E-state index in [-0.39, 0.29) is 11.8 Å². The lowest BCUT2D eigenvalue weighted by atomic mass is 9.86. The molecule has 4 nitrogen and oxygen atoms in total. The lowest BCUT2D eigenvalue weighted by molar-refractivity contribution is -0.136. The molecule has 0 aromatic rings. The van der Waals surface area contributed by atoms with E-state index in [1.54, 1.807) is 5.48 Å². The predicted octanol–water partition coefficient (Wildman–Crippen LogP) is 0.224. The number of piperidine rings is 1. The third-order valence-corrected chi connectivity index (χ3v) is 3.25. The number of nitrogens with one attached hydrogen (secondary N) is 1. The van der Waals surface area contributed by atoms with E-state index in [0.29, 0.717) is 5.41 Å². The van der Waals surface area contributed by atoms with E-state index in [4.69, 9.17) is 5.21 Å². The second-order valence-corrected chi connectivity index (χ2v) is 4.57. The molecule has 2 N–H and O–H groups in total. The van der Waals surface area contributed by atoms with Crippen molar-refractivity contribution in [3.05, 3.63) is 0 Å². The Morgan fingerprint density at radius 2 is 2.31 bits per heavy atom. The first kappa shape index (κ1) is 8.97. The van der Waals surface area contributed by atoms with Gasteiger partial charge in [0.15, 0.2) is 0 Å². The lowest BCUT2D eigenvalue weighted by Crippen LogP contribution is -2.45. The minimum atomic E-state index is -0.224. The molecule has 13 heavy (non-hydrogen) atoms. The van der Waals surface area contributed by atoms with Crippen LogP contribution in [-0.2, 0) is 4.79 Å². The first-order valence-electron chi connectivity index (χ1n) is 4.78. The van der Waals surface area contributed by atoms with E-state index < -0.39 is 0 Å². The minimum Gasteiger partial charge on any atom is -0.305 e. The van der Waals surface area contributed by atoms with Crippen LogP contribution in [0.5, 0.6) is 0 Å². The summed E-state index contributed by atoms with van der Waals surface area (Å²) in [5.41, 5.74) is 2.16. The van der Waals surface area contributed by atoms with Crippen LogP contribution in [0, 0.1) is 11.3 Å². The molecule has 2 fully saturated rings. The first-order chi connectivity index (χ1) is 6.15. The fourth-order valence-corrected chi connectivity index (χ4v) is 2.47. The van der Waals surface area contributed by atoms with Gasteiger partial charge >= 0.3 is 0 Å². The number of rotatable bonds is 1. The van der Waals surface area contributed by atoms with Gasteiger partial charge in [0.25, 0.3) is 0 Å². The van der Waals surface area contributed by atoms with E-state index in [0.717, 1.165) is 19.5 Å². The third kappa shape index (κ3) is 1.69. The topological polar surface area (TPSA) is 52.6 Å². The van der Waals surface area contributed by atoms with Gasteiger partial charge < -0.3 is 4.90 Å². The summed E-state index contributed by atoms with van der Waals surface area (Å²) in [6, 6.07) is 0. The average Bonchev–Trinajstić information content (AvgIpc) is 2.82. The molecule has 2 rings (SSSR count). The van der Waals surface area contributed by atoms with Crippen molar-refractivity contribution in [1.29, 1.82) is 0 Å². The minimum absolute atomic E-state index is 0.0220. The molecule has 2 aliphatic rings. The highest BCUT2D eigenvalue weighted by Gasteiger charge is 2.49. The Balaban J connectivity index is 2.01. The summed E-state index contributed by atoms with van der Waals surface area (Å²) >= 11 is 0. The molecule has 0 radical (unpaired) electrons. The van der Waals surface area contributed by atoms with Gasteiger partial charge in [-0.2, -0.15) is 0 Å². The standard InChI is InChI=1S/C9H16N2O2/c1-11-5-7(8(12)10-13)4-9(6-11)2-3-9/h7,13H,2-6H2,1H3,(H,10,12). The Labute approximate surface area is 77.9 Å². The van der Waals surface area contributed by atoms with Crippen molar-refractivity contribution in [1.82, 2.24) is 10.4 Å². The predicted molar refractivity (Wildman–Crippen MR) is 47.2 cm³/mol. The summed E-state index contributed by atoms with van der Waals surface area (Å²) in [6.45, 7) is 1.89. The van der Waals surface area contributed by atoms with Crippen LogP contribution in [0.2, 0.25) is 0 Å². The van der Waals surface area contributed by atoms with Crippen LogP contribution in [0.15, 0.2) is 0 Å². The highest BCUT2D eigenvalue weighted by atomic mass is 16.5. The second kappa shape index (κ2) is 2.96. The molecule has 0 bridgehead atoms. The molecule has 1 saturated heterocycles. The van der Waals surface area contributed by atoms with E-state index in [2.05, 4.69) is 4.90 Å². The van der Waals surface area contributed by atoms with Crippen LogP contribution in [0.4, 0.5) is 0 Å². The van der Waals surface area contributed by atoms with E-state index >= 15 is 0 Å². The fraction of sp³-hybridized carbons (Fsp3) is 0.889. The monoisotopic (exact) mass is 184 g/mol. The Morgan fingerprint density at radius 1 is 1.62 bits per heavy atom. The van der Waals surface area contributed by atoms with Gasteiger partial charge in [-0.05, 0) is 31.7 Å². The highest BCUT2D eigenvalue weighted by molar-refractivity contribution is 5.77. The van der Waals surface area contributed by atoms with Crippen molar-refractivity contribution in [3.63, 3.8) is 0 Å². The summed E-state index contributed by atoms with van der Waals surface area (Å²) in [4.78, 5) is 13.4. The number of carbonyl (C=O) groups excluding carboxylic acids is 1. The van der Waals surface area contributed by atoms with Gasteiger partial charge in [-0.3, -0.25) is 10.0 Å². The highest BCUT2D eigenvalue weighted by Crippen LogP contribution is 2.53. The average molecular weight is 184 g/mol. The van der Waals surface area contributed by atoms with Crippen LogP contribution in [-0.4, -0.2) is 36.2 Å². The molecule has 4 heteroatoms. The van der Waals surface area contributed by atoms with Crippen molar-refractivity contribution in [2.75, 3.05) is 20.1 Å². The summed E-state index contributed by atoms with van der Waals surface area (Å²) in [7, 11) is 2.04. The molecule has 1 aliphatic heterocycles. The van der Waals surface area contributed by atoms with Crippen LogP contribution in [0.1, 0.15) is 19.3 Å². The van der Waals surface area contributed by atoms with Gasteiger partial charge in [-0.25, -0.2) is 5.48 Å². The van der Waals surface area contributed by atoms with E-state index in [1.807, 2.05) is 7.05 Å². The fourth-order valence-electron chi connectivity index (χ4n) is 2.47. The van der Waals surface area contributed by atoms with Crippen molar-refractivity contribution < 1.29 is 10.0 Å². The van der Waals surface area contributed by atoms with Crippen LogP contribution < -0.4 is 5.48 Å². The smallest absolute Gasteiger partial charge is 0.247 e. The summed E-state index contributed by atoms with van der Waals surface area (Å²) < 4.78 is 0. The molecule has 1 heterocycles. The third-order valence-electron chi connectivity index (χ3n) is 3.25. The number of hydrogen-bond donors (Lipinski definition) is 2. The van der Waals surface area contributed by atoms with Gasteiger partial charge in [0.05, 0.1) is 5.92 Å². The number of likely N-dealkylation sites (tertiary alicyclic amines) is 1. The molecule has 0 aromatic heterocycles. The molecule has 1 saturated carbocycles. The summed E-state index contributed by atoms with van der Waals surface area (Å²) in [5, 5.41) is 8.55. The lowest BCUT2D eigenvalue weighted by Gasteiger charge is -2.34. The number of hydroxylamine groups is 1. The van der Waals surface area contributed by atoms with Crippen molar-refractivity contribution in [3.8, 4) is 0 Å². The van der Waals surface area contributed by atoms with Crippen molar-refractivity contribution in [2.45, 2.75) is 19.3 Å². The Bertz CT molecular complexity index is 226. The zero-order valence-electron chi connectivity index (χ0n) is 7.92. The van der Waals surface area contributed by atoms with E-state index in [9.17, 15) is 4.79 Å². The molecule has 1 amide bonds. The van der Waals surface area contributed by atoms with Gasteiger partial charge in [-0.15, -0.1) is 0 Å². The van der Waals surface area contributed by atoms with Crippen molar-refractivity contribution in [2.24, 2.45) is 11.3 Å². The van der Waals surface area contributed by atoms with Gasteiger partial charge in [0.2, 0.25) is 5.91 Å². The molecular formula is C9H16N2O2. The Morgan fingerprint density at radius 3 is 2.85 bits per heavy atom. The largest absolute Gasteiger partial charge is 0.305 e. The van der Waals surface area contributed by atoms with Gasteiger partial charge in [0.1, 0.15) is 0 Å². The summed E-state index contributed by atoms with van der Waals surface area (Å²) in [5.74, 6) is -0.246. The maximum absolute atomic E-state index is 11.2. The number of carbonyl (C=O) groups is 1. The Kier molecular flexibility index (Phi) is 2.04. The summed E-state index contributed by atoms with van der Waals surface area (Å²) in [6.07, 6.45) is 3.43. The molecule has 0 aromatic carbocycles. The normalized spacial score (nSPS) is 31.7. The van der Waals surface area contributed by atoms with Crippen LogP contribution in [0.25, 0.3) is 0 Å². The second-order valence-electron chi connectivity index (χ2n) is 4.57. The molecular weight excluding hydrogens is 168 g/mol. The molecule has 1 atom stereocenters. The molecule has 1 aliphatic carbocycles. The SMILES string of the molecule is CN1CC(C(=O)NO)CC2(CC2)C1. The quantitative estimate of drug-likeness (QED) is 0.453. The molecule has 1 spiro atoms. The maximum atomic E-state index is 11.2. The number of nitrogens with zero attached hydrogens (tertiary/aromatic N) is 1. The number of amides is 1. The van der Waals surface area contributed by atoms with Crippen molar-refractivity contribution >= 4 is 5.91 Å². The van der Waals surface area contributed by atoms with Gasteiger partial charge in [0, 0.05) is 13.1 Å². The zero-order chi connectivity index (χ0) is 9.47. The Hall–Kier alpha value is -0.610. The van der Waals surface area contributed by atoms with Gasteiger partial charge in [-0.1, -0.05) is 0 Å². The number of hydrogen-bond acceptors (Lipinski definition) is 3. The molecule has 1 unspecified atom stereocenters. The zero-order valence-corrected chi connectivity index (χ0v) is 7.92. The van der Waals surface area contributed by atoms with Crippen LogP contribution >= 0.6 is 0 Å². The molecule has 74 valence electrons. The first-order valence-corrected chi connectivity index (χ1v) is 4.78.